The average molecular weight is 367 g/mol. The predicted octanol–water partition coefficient (Wildman–Crippen LogP) is 3.67. The first-order valence-electron chi connectivity index (χ1n) is 8.74. The molecule has 1 unspecified atom stereocenters. The molecule has 26 heavy (non-hydrogen) atoms. The highest BCUT2D eigenvalue weighted by Crippen LogP contribution is 2.34. The van der Waals surface area contributed by atoms with Gasteiger partial charge in [-0.3, -0.25) is 0 Å². The minimum atomic E-state index is -0.476. The maximum atomic E-state index is 9.64. The van der Waals surface area contributed by atoms with Crippen molar-refractivity contribution in [3.63, 3.8) is 0 Å². The molecule has 0 saturated heterocycles. The highest BCUT2D eigenvalue weighted by atomic mass is 32.1. The number of rotatable bonds is 5. The number of anilines is 1. The third-order valence-electron chi connectivity index (χ3n) is 4.37. The molecule has 0 saturated carbocycles. The lowest BCUT2D eigenvalue weighted by Gasteiger charge is -2.09. The second-order valence-electron chi connectivity index (χ2n) is 6.37. The van der Waals surface area contributed by atoms with E-state index in [1.165, 1.54) is 10.4 Å². The molecule has 1 aromatic carbocycles. The van der Waals surface area contributed by atoms with Crippen LogP contribution in [0.3, 0.4) is 0 Å². The highest BCUT2D eigenvalue weighted by Gasteiger charge is 2.19. The van der Waals surface area contributed by atoms with Gasteiger partial charge in [-0.05, 0) is 25.8 Å². The molecule has 0 aliphatic rings. The predicted molar refractivity (Wildman–Crippen MR) is 106 cm³/mol. The van der Waals surface area contributed by atoms with Crippen LogP contribution in [-0.2, 0) is 6.42 Å². The van der Waals surface area contributed by atoms with Crippen LogP contribution in [0.2, 0.25) is 0 Å². The van der Waals surface area contributed by atoms with E-state index in [1.54, 1.807) is 22.8 Å². The molecule has 0 aliphatic carbocycles. The SMILES string of the molecule is CCc1c(C)sc2nc(NCC(C)O)n3nc(-c4ccccc4)nc3c12. The molecule has 0 radical (unpaired) electrons. The molecule has 0 amide bonds. The molecule has 0 bridgehead atoms. The van der Waals surface area contributed by atoms with Crippen LogP contribution in [0.4, 0.5) is 5.95 Å². The number of fused-ring (bicyclic) bond motifs is 3. The van der Waals surface area contributed by atoms with E-state index < -0.39 is 6.10 Å². The minimum Gasteiger partial charge on any atom is -0.392 e. The summed E-state index contributed by atoms with van der Waals surface area (Å²) in [7, 11) is 0. The van der Waals surface area contributed by atoms with Crippen LogP contribution in [0, 0.1) is 6.92 Å². The number of hydrogen-bond donors (Lipinski definition) is 2. The summed E-state index contributed by atoms with van der Waals surface area (Å²) in [5.74, 6) is 1.28. The van der Waals surface area contributed by atoms with E-state index in [0.717, 1.165) is 27.8 Å². The van der Waals surface area contributed by atoms with Gasteiger partial charge >= 0.3 is 0 Å². The molecule has 1 atom stereocenters. The van der Waals surface area contributed by atoms with E-state index in [9.17, 15) is 5.11 Å². The number of hydrogen-bond acceptors (Lipinski definition) is 6. The zero-order chi connectivity index (χ0) is 18.3. The minimum absolute atomic E-state index is 0.402. The molecular formula is C19H21N5OS. The van der Waals surface area contributed by atoms with Crippen molar-refractivity contribution in [2.24, 2.45) is 0 Å². The second kappa shape index (κ2) is 6.66. The molecule has 6 nitrogen and oxygen atoms in total. The van der Waals surface area contributed by atoms with Crippen LogP contribution < -0.4 is 5.32 Å². The van der Waals surface area contributed by atoms with Gasteiger partial charge in [-0.2, -0.15) is 4.52 Å². The smallest absolute Gasteiger partial charge is 0.227 e. The summed E-state index contributed by atoms with van der Waals surface area (Å²) in [6, 6.07) is 9.94. The summed E-state index contributed by atoms with van der Waals surface area (Å²) in [6.07, 6.45) is 0.452. The summed E-state index contributed by atoms with van der Waals surface area (Å²) in [5.41, 5.74) is 3.05. The zero-order valence-electron chi connectivity index (χ0n) is 15.0. The molecule has 134 valence electrons. The lowest BCUT2D eigenvalue weighted by atomic mass is 10.1. The average Bonchev–Trinajstić information content (AvgIpc) is 3.20. The van der Waals surface area contributed by atoms with Gasteiger partial charge in [0.05, 0.1) is 11.5 Å². The van der Waals surface area contributed by atoms with Crippen molar-refractivity contribution in [2.75, 3.05) is 11.9 Å². The zero-order valence-corrected chi connectivity index (χ0v) is 15.8. The summed E-state index contributed by atoms with van der Waals surface area (Å²) >= 11 is 1.68. The largest absolute Gasteiger partial charge is 0.392 e. The van der Waals surface area contributed by atoms with Gasteiger partial charge in [-0.1, -0.05) is 37.3 Å². The fraction of sp³-hybridized carbons (Fsp3) is 0.316. The first-order valence-corrected chi connectivity index (χ1v) is 9.56. The van der Waals surface area contributed by atoms with Gasteiger partial charge in [-0.15, -0.1) is 16.4 Å². The lowest BCUT2D eigenvalue weighted by molar-refractivity contribution is 0.208. The lowest BCUT2D eigenvalue weighted by Crippen LogP contribution is -2.18. The standard InChI is InChI=1S/C19H21N5OS/c1-4-14-12(3)26-18-15(14)17-21-16(13-8-6-5-7-9-13)23-24(17)19(22-18)20-10-11(2)25/h5-9,11,25H,4,10H2,1-3H3,(H,20,22). The first kappa shape index (κ1) is 16.9. The Hall–Kier alpha value is -2.51. The topological polar surface area (TPSA) is 75.3 Å². The Bertz CT molecular complexity index is 1070. The summed E-state index contributed by atoms with van der Waals surface area (Å²) in [6.45, 7) is 6.42. The Kier molecular flexibility index (Phi) is 4.34. The van der Waals surface area contributed by atoms with Crippen LogP contribution in [-0.4, -0.2) is 37.3 Å². The summed E-state index contributed by atoms with van der Waals surface area (Å²) < 4.78 is 1.76. The van der Waals surface area contributed by atoms with Crippen molar-refractivity contribution in [2.45, 2.75) is 33.3 Å². The fourth-order valence-corrected chi connectivity index (χ4v) is 4.23. The van der Waals surface area contributed by atoms with Crippen LogP contribution in [0.5, 0.6) is 0 Å². The van der Waals surface area contributed by atoms with Crippen LogP contribution in [0.15, 0.2) is 30.3 Å². The van der Waals surface area contributed by atoms with Gasteiger partial charge < -0.3 is 10.4 Å². The Morgan fingerprint density at radius 3 is 2.69 bits per heavy atom. The number of nitrogens with one attached hydrogen (secondary N) is 1. The maximum absolute atomic E-state index is 9.64. The molecule has 0 fully saturated rings. The van der Waals surface area contributed by atoms with Crippen LogP contribution >= 0.6 is 11.3 Å². The highest BCUT2D eigenvalue weighted by molar-refractivity contribution is 7.18. The van der Waals surface area contributed by atoms with Crippen molar-refractivity contribution < 1.29 is 5.11 Å². The normalized spacial score (nSPS) is 12.8. The van der Waals surface area contributed by atoms with E-state index in [0.29, 0.717) is 18.3 Å². The number of nitrogens with zero attached hydrogens (tertiary/aromatic N) is 4. The molecular weight excluding hydrogens is 346 g/mol. The molecule has 4 aromatic rings. The Morgan fingerprint density at radius 2 is 2.00 bits per heavy atom. The third kappa shape index (κ3) is 2.83. The Labute approximate surface area is 155 Å². The molecule has 0 aliphatic heterocycles. The molecule has 2 N–H and O–H groups in total. The molecule has 3 heterocycles. The van der Waals surface area contributed by atoms with Crippen molar-refractivity contribution in [1.82, 2.24) is 19.6 Å². The van der Waals surface area contributed by atoms with Crippen molar-refractivity contribution in [3.8, 4) is 11.4 Å². The van der Waals surface area contributed by atoms with Gasteiger partial charge in [0.1, 0.15) is 4.83 Å². The third-order valence-corrected chi connectivity index (χ3v) is 5.41. The quantitative estimate of drug-likeness (QED) is 0.563. The van der Waals surface area contributed by atoms with Gasteiger partial charge in [-0.25, -0.2) is 9.97 Å². The van der Waals surface area contributed by atoms with E-state index in [1.807, 2.05) is 30.3 Å². The number of benzene rings is 1. The molecule has 0 spiro atoms. The number of aromatic nitrogens is 4. The summed E-state index contributed by atoms with van der Waals surface area (Å²) in [4.78, 5) is 11.8. The Morgan fingerprint density at radius 1 is 1.23 bits per heavy atom. The Balaban J connectivity index is 1.99. The van der Waals surface area contributed by atoms with Gasteiger partial charge in [0, 0.05) is 17.0 Å². The monoisotopic (exact) mass is 367 g/mol. The van der Waals surface area contributed by atoms with Gasteiger partial charge in [0.15, 0.2) is 11.5 Å². The van der Waals surface area contributed by atoms with Gasteiger partial charge in [0.2, 0.25) is 5.95 Å². The number of aryl methyl sites for hydroxylation is 2. The van der Waals surface area contributed by atoms with Crippen LogP contribution in [0.25, 0.3) is 27.3 Å². The molecule has 3 aromatic heterocycles. The number of aliphatic hydroxyl groups excluding tert-OH is 1. The number of thiophene rings is 1. The van der Waals surface area contributed by atoms with E-state index in [2.05, 4.69) is 19.2 Å². The van der Waals surface area contributed by atoms with Crippen LogP contribution in [0.1, 0.15) is 24.3 Å². The van der Waals surface area contributed by atoms with Crippen molar-refractivity contribution in [1.29, 1.82) is 0 Å². The fourth-order valence-electron chi connectivity index (χ4n) is 3.13. The molecule has 4 rings (SSSR count). The first-order chi connectivity index (χ1) is 12.6. The summed E-state index contributed by atoms with van der Waals surface area (Å²) in [5, 5.41) is 18.6. The molecule has 7 heteroatoms. The van der Waals surface area contributed by atoms with E-state index in [4.69, 9.17) is 15.1 Å². The second-order valence-corrected chi connectivity index (χ2v) is 7.58. The van der Waals surface area contributed by atoms with E-state index in [-0.39, 0.29) is 0 Å². The maximum Gasteiger partial charge on any atom is 0.227 e. The van der Waals surface area contributed by atoms with Crippen molar-refractivity contribution >= 4 is 33.1 Å². The van der Waals surface area contributed by atoms with Crippen molar-refractivity contribution in [3.05, 3.63) is 40.8 Å². The van der Waals surface area contributed by atoms with E-state index >= 15 is 0 Å². The number of aliphatic hydroxyl groups is 1. The van der Waals surface area contributed by atoms with Gasteiger partial charge in [0.25, 0.3) is 0 Å².